The Morgan fingerprint density at radius 2 is 0.860 bits per heavy atom. The summed E-state index contributed by atoms with van der Waals surface area (Å²) in [6.07, 6.45) is 2.59. The van der Waals surface area contributed by atoms with Gasteiger partial charge in [-0.15, -0.1) is 45.3 Å². The quantitative estimate of drug-likeness (QED) is 0.207. The molecule has 43 heavy (non-hydrogen) atoms. The Hall–Kier alpha value is -1.72. The van der Waals surface area contributed by atoms with Crippen LogP contribution in [0.4, 0.5) is 0 Å². The highest BCUT2D eigenvalue weighted by molar-refractivity contribution is 7.15. The van der Waals surface area contributed by atoms with Crippen molar-refractivity contribution in [1.29, 1.82) is 0 Å². The number of hydrogen-bond donors (Lipinski definition) is 0. The van der Waals surface area contributed by atoms with Gasteiger partial charge in [-0.25, -0.2) is 0 Å². The van der Waals surface area contributed by atoms with E-state index in [2.05, 4.69) is 145 Å². The first-order chi connectivity index (χ1) is 19.7. The van der Waals surface area contributed by atoms with Crippen molar-refractivity contribution in [3.05, 3.63) is 93.6 Å². The zero-order valence-corrected chi connectivity index (χ0v) is 31.7. The van der Waals surface area contributed by atoms with Gasteiger partial charge in [0.1, 0.15) is 0 Å². The van der Waals surface area contributed by atoms with E-state index in [1.54, 1.807) is 0 Å². The van der Waals surface area contributed by atoms with E-state index in [-0.39, 0.29) is 21.7 Å². The summed E-state index contributed by atoms with van der Waals surface area (Å²) in [4.78, 5) is 11.5. The Bertz CT molecular complexity index is 1660. The van der Waals surface area contributed by atoms with Crippen LogP contribution in [0.1, 0.15) is 135 Å². The van der Waals surface area contributed by atoms with Gasteiger partial charge < -0.3 is 0 Å². The first kappa shape index (κ1) is 32.7. The first-order valence-electron chi connectivity index (χ1n) is 15.6. The van der Waals surface area contributed by atoms with Crippen LogP contribution < -0.4 is 0 Å². The summed E-state index contributed by atoms with van der Waals surface area (Å²) < 4.78 is 0. The summed E-state index contributed by atoms with van der Waals surface area (Å²) in [6, 6.07) is 19.1. The molecule has 0 amide bonds. The molecule has 1 aliphatic carbocycles. The lowest BCUT2D eigenvalue weighted by Crippen LogP contribution is -2.17. The molecule has 0 saturated carbocycles. The van der Waals surface area contributed by atoms with Crippen molar-refractivity contribution < 1.29 is 0 Å². The molecule has 0 radical (unpaired) electrons. The van der Waals surface area contributed by atoms with Crippen LogP contribution in [0.25, 0.3) is 16.7 Å². The second-order valence-electron chi connectivity index (χ2n) is 16.4. The van der Waals surface area contributed by atoms with E-state index in [0.717, 1.165) is 0 Å². The van der Waals surface area contributed by atoms with Crippen LogP contribution in [-0.2, 0) is 21.7 Å². The molecule has 4 heterocycles. The smallest absolute Gasteiger partial charge is 0.0349 e. The third-order valence-electron chi connectivity index (χ3n) is 8.40. The van der Waals surface area contributed by atoms with Crippen LogP contribution in [-0.4, -0.2) is 0 Å². The lowest BCUT2D eigenvalue weighted by molar-refractivity contribution is 0.603. The maximum atomic E-state index is 2.59. The summed E-state index contributed by atoms with van der Waals surface area (Å²) in [7, 11) is 0. The van der Waals surface area contributed by atoms with Crippen molar-refractivity contribution >= 4 is 62.1 Å². The molecular weight excluding hydrogens is 597 g/mol. The predicted molar refractivity (Wildman–Crippen MR) is 199 cm³/mol. The normalized spacial score (nSPS) is 18.9. The van der Waals surface area contributed by atoms with E-state index in [1.807, 2.05) is 45.3 Å². The monoisotopic (exact) mass is 646 g/mol. The van der Waals surface area contributed by atoms with E-state index in [9.17, 15) is 0 Å². The fourth-order valence-electron chi connectivity index (χ4n) is 5.78. The second kappa shape index (κ2) is 11.3. The predicted octanol–water partition coefficient (Wildman–Crippen LogP) is 13.6. The molecule has 2 unspecified atom stereocenters. The molecule has 5 rings (SSSR count). The Labute approximate surface area is 277 Å². The van der Waals surface area contributed by atoms with Gasteiger partial charge in [0, 0.05) is 44.9 Å². The minimum Gasteiger partial charge on any atom is -0.144 e. The zero-order chi connectivity index (χ0) is 31.7. The van der Waals surface area contributed by atoms with Crippen LogP contribution in [0.15, 0.2) is 54.6 Å². The third kappa shape index (κ3) is 6.64. The first-order valence-corrected chi connectivity index (χ1v) is 18.9. The lowest BCUT2D eigenvalue weighted by Gasteiger charge is -2.33. The largest absolute Gasteiger partial charge is 0.144 e. The standard InChI is InChI=1S/C39H50S4/c1-23-34(28-16-20-32(42-28)38(8,9)10)24(26-14-18-30(40-26)36(2,3)4)22-25(27-15-19-31(41-27)37(5,6)7)35(23)29-17-21-33(43-29)39(11,12)13/h14-23,34H,1-13H3. The van der Waals surface area contributed by atoms with Crippen molar-refractivity contribution in [3.63, 3.8) is 0 Å². The van der Waals surface area contributed by atoms with Gasteiger partial charge in [-0.1, -0.05) is 90.0 Å². The van der Waals surface area contributed by atoms with Crippen LogP contribution >= 0.6 is 45.3 Å². The van der Waals surface area contributed by atoms with Crippen molar-refractivity contribution in [2.24, 2.45) is 5.92 Å². The minimum absolute atomic E-state index is 0.136. The Morgan fingerprint density at radius 3 is 1.33 bits per heavy atom. The molecule has 0 N–H and O–H groups in total. The Balaban J connectivity index is 1.79. The highest BCUT2D eigenvalue weighted by Crippen LogP contribution is 2.56. The van der Waals surface area contributed by atoms with E-state index in [1.165, 1.54) is 55.7 Å². The van der Waals surface area contributed by atoms with E-state index < -0.39 is 0 Å². The van der Waals surface area contributed by atoms with Gasteiger partial charge in [-0.3, -0.25) is 0 Å². The number of rotatable bonds is 4. The fraction of sp³-hybridized carbons (Fsp3) is 0.487. The van der Waals surface area contributed by atoms with Crippen LogP contribution in [0.2, 0.25) is 0 Å². The summed E-state index contributed by atoms with van der Waals surface area (Å²) in [5.41, 5.74) is 4.96. The van der Waals surface area contributed by atoms with E-state index >= 15 is 0 Å². The van der Waals surface area contributed by atoms with Gasteiger partial charge in [0.15, 0.2) is 0 Å². The average molecular weight is 647 g/mol. The van der Waals surface area contributed by atoms with Crippen molar-refractivity contribution in [2.75, 3.05) is 0 Å². The molecule has 0 fully saturated rings. The van der Waals surface area contributed by atoms with Crippen molar-refractivity contribution in [2.45, 2.75) is 118 Å². The summed E-state index contributed by atoms with van der Waals surface area (Å²) in [5, 5.41) is 0. The van der Waals surface area contributed by atoms with E-state index in [4.69, 9.17) is 0 Å². The molecule has 0 bridgehead atoms. The lowest BCUT2D eigenvalue weighted by atomic mass is 9.73. The molecule has 4 aromatic heterocycles. The summed E-state index contributed by atoms with van der Waals surface area (Å²) >= 11 is 7.98. The van der Waals surface area contributed by atoms with Gasteiger partial charge in [0.25, 0.3) is 0 Å². The third-order valence-corrected chi connectivity index (χ3v) is 14.6. The number of thiophene rings is 4. The Morgan fingerprint density at radius 1 is 0.465 bits per heavy atom. The van der Waals surface area contributed by atoms with Crippen LogP contribution in [0, 0.1) is 5.92 Å². The average Bonchev–Trinajstić information content (AvgIpc) is 3.67. The molecule has 0 aromatic carbocycles. The number of allylic oxidation sites excluding steroid dienone is 4. The molecule has 2 atom stereocenters. The number of hydrogen-bond acceptors (Lipinski definition) is 4. The van der Waals surface area contributed by atoms with Gasteiger partial charge in [-0.2, -0.15) is 0 Å². The van der Waals surface area contributed by atoms with Gasteiger partial charge in [0.2, 0.25) is 0 Å². The summed E-state index contributed by atoms with van der Waals surface area (Å²) in [5.74, 6) is 0.655. The molecule has 230 valence electrons. The molecule has 0 aliphatic heterocycles. The SMILES string of the molecule is CC1C(c2ccc(C(C)(C)C)s2)=C(c2ccc(C(C)(C)C)s2)C=C(c2ccc(C(C)(C)C)s2)C1c1ccc(C(C)(C)C)s1. The minimum atomic E-state index is 0.136. The van der Waals surface area contributed by atoms with Crippen LogP contribution in [0.5, 0.6) is 0 Å². The maximum Gasteiger partial charge on any atom is 0.0349 e. The zero-order valence-electron chi connectivity index (χ0n) is 28.5. The highest BCUT2D eigenvalue weighted by atomic mass is 32.1. The topological polar surface area (TPSA) is 0 Å². The molecule has 4 aromatic rings. The van der Waals surface area contributed by atoms with Crippen molar-refractivity contribution in [3.8, 4) is 0 Å². The Kier molecular flexibility index (Phi) is 8.56. The van der Waals surface area contributed by atoms with Crippen LogP contribution in [0.3, 0.4) is 0 Å². The highest BCUT2D eigenvalue weighted by Gasteiger charge is 2.37. The molecular formula is C39H50S4. The van der Waals surface area contributed by atoms with E-state index in [0.29, 0.717) is 11.8 Å². The molecule has 1 aliphatic rings. The van der Waals surface area contributed by atoms with Gasteiger partial charge in [-0.05, 0) is 98.9 Å². The second-order valence-corrected chi connectivity index (χ2v) is 20.8. The summed E-state index contributed by atoms with van der Waals surface area (Å²) in [6.45, 7) is 30.5. The van der Waals surface area contributed by atoms with Gasteiger partial charge >= 0.3 is 0 Å². The van der Waals surface area contributed by atoms with Gasteiger partial charge in [0.05, 0.1) is 0 Å². The fourth-order valence-corrected chi connectivity index (χ4v) is 10.5. The maximum absolute atomic E-state index is 2.59. The molecule has 0 saturated heterocycles. The molecule has 0 spiro atoms. The van der Waals surface area contributed by atoms with Crippen molar-refractivity contribution in [1.82, 2.24) is 0 Å². The molecule has 4 heteroatoms. The molecule has 0 nitrogen and oxygen atoms in total.